The average molecular weight is 267 g/mol. The Morgan fingerprint density at radius 1 is 1.21 bits per heavy atom. The highest BCUT2D eigenvalue weighted by molar-refractivity contribution is 5.42. The zero-order chi connectivity index (χ0) is 13.5. The molecule has 1 saturated heterocycles. The van der Waals surface area contributed by atoms with Gasteiger partial charge in [0.2, 0.25) is 5.92 Å². The van der Waals surface area contributed by atoms with Crippen LogP contribution < -0.4 is 10.6 Å². The number of alkyl halides is 2. The summed E-state index contributed by atoms with van der Waals surface area (Å²) in [7, 11) is 0. The molecule has 3 nitrogen and oxygen atoms in total. The minimum absolute atomic E-state index is 0.152. The molecular formula is C14H19F2N3. The minimum Gasteiger partial charge on any atom is -0.357 e. The van der Waals surface area contributed by atoms with Gasteiger partial charge in [0.15, 0.2) is 0 Å². The van der Waals surface area contributed by atoms with E-state index in [0.717, 1.165) is 24.5 Å². The number of rotatable bonds is 3. The molecule has 1 aliphatic heterocycles. The highest BCUT2D eigenvalue weighted by atomic mass is 19.3. The van der Waals surface area contributed by atoms with E-state index in [9.17, 15) is 8.78 Å². The van der Waals surface area contributed by atoms with E-state index in [2.05, 4.69) is 9.88 Å². The van der Waals surface area contributed by atoms with Crippen LogP contribution in [0.25, 0.3) is 0 Å². The monoisotopic (exact) mass is 267 g/mol. The Morgan fingerprint density at radius 2 is 1.89 bits per heavy atom. The Labute approximate surface area is 111 Å². The molecule has 2 aliphatic rings. The summed E-state index contributed by atoms with van der Waals surface area (Å²) in [5.41, 5.74) is 5.99. The lowest BCUT2D eigenvalue weighted by atomic mass is 9.62. The molecule has 2 N–H and O–H groups in total. The van der Waals surface area contributed by atoms with E-state index in [1.165, 1.54) is 12.8 Å². The van der Waals surface area contributed by atoms with Gasteiger partial charge in [0.05, 0.1) is 0 Å². The van der Waals surface area contributed by atoms with Gasteiger partial charge >= 0.3 is 0 Å². The van der Waals surface area contributed by atoms with Gasteiger partial charge in [-0.05, 0) is 24.5 Å². The quantitative estimate of drug-likeness (QED) is 0.913. The number of aromatic nitrogens is 1. The van der Waals surface area contributed by atoms with E-state index in [1.54, 1.807) is 6.20 Å². The first-order valence-electron chi connectivity index (χ1n) is 6.84. The Morgan fingerprint density at radius 3 is 2.37 bits per heavy atom. The molecular weight excluding hydrogens is 248 g/mol. The van der Waals surface area contributed by atoms with Gasteiger partial charge in [-0.1, -0.05) is 6.07 Å². The standard InChI is InChI=1S/C14H19F2N3/c15-14(16)8-13(9-14,10-17)11-3-4-12(18-7-11)19-5-1-2-6-19/h3-4,7H,1-2,5-6,8-10,17H2. The summed E-state index contributed by atoms with van der Waals surface area (Å²) in [5, 5.41) is 0. The largest absolute Gasteiger partial charge is 0.357 e. The van der Waals surface area contributed by atoms with Crippen molar-refractivity contribution >= 4 is 5.82 Å². The maximum absolute atomic E-state index is 13.1. The Balaban J connectivity index is 1.78. The van der Waals surface area contributed by atoms with Crippen LogP contribution in [0.15, 0.2) is 18.3 Å². The summed E-state index contributed by atoms with van der Waals surface area (Å²) in [6, 6.07) is 3.86. The van der Waals surface area contributed by atoms with Crippen molar-refractivity contribution in [3.05, 3.63) is 23.9 Å². The lowest BCUT2D eigenvalue weighted by molar-refractivity contribution is -0.123. The molecule has 3 rings (SSSR count). The highest BCUT2D eigenvalue weighted by Crippen LogP contribution is 2.52. The summed E-state index contributed by atoms with van der Waals surface area (Å²) in [5.74, 6) is -1.62. The number of nitrogens with zero attached hydrogens (tertiary/aromatic N) is 2. The second kappa shape index (κ2) is 4.40. The molecule has 1 aliphatic carbocycles. The smallest absolute Gasteiger partial charge is 0.250 e. The molecule has 0 bridgehead atoms. The predicted octanol–water partition coefficient (Wildman–Crippen LogP) is 2.31. The summed E-state index contributed by atoms with van der Waals surface area (Å²) in [6.07, 6.45) is 3.82. The van der Waals surface area contributed by atoms with E-state index in [4.69, 9.17) is 5.73 Å². The van der Waals surface area contributed by atoms with Crippen molar-refractivity contribution < 1.29 is 8.78 Å². The molecule has 19 heavy (non-hydrogen) atoms. The first-order valence-corrected chi connectivity index (χ1v) is 6.84. The molecule has 2 fully saturated rings. The lowest BCUT2D eigenvalue weighted by Crippen LogP contribution is -2.53. The molecule has 1 aromatic rings. The van der Waals surface area contributed by atoms with E-state index in [0.29, 0.717) is 0 Å². The summed E-state index contributed by atoms with van der Waals surface area (Å²) < 4.78 is 26.3. The van der Waals surface area contributed by atoms with Crippen LogP contribution in [0.4, 0.5) is 14.6 Å². The van der Waals surface area contributed by atoms with Gasteiger partial charge in [0.1, 0.15) is 5.82 Å². The zero-order valence-corrected chi connectivity index (χ0v) is 10.9. The number of hydrogen-bond donors (Lipinski definition) is 1. The van der Waals surface area contributed by atoms with Crippen LogP contribution in [-0.4, -0.2) is 30.5 Å². The fourth-order valence-corrected chi connectivity index (χ4v) is 3.24. The molecule has 0 unspecified atom stereocenters. The maximum atomic E-state index is 13.1. The van der Waals surface area contributed by atoms with Gasteiger partial charge in [-0.15, -0.1) is 0 Å². The van der Waals surface area contributed by atoms with Gasteiger partial charge in [0.25, 0.3) is 0 Å². The van der Waals surface area contributed by atoms with Crippen molar-refractivity contribution in [1.29, 1.82) is 0 Å². The maximum Gasteiger partial charge on any atom is 0.250 e. The van der Waals surface area contributed by atoms with E-state index < -0.39 is 11.3 Å². The van der Waals surface area contributed by atoms with Crippen LogP contribution in [0.3, 0.4) is 0 Å². The SMILES string of the molecule is NCC1(c2ccc(N3CCCC3)nc2)CC(F)(F)C1. The molecule has 5 heteroatoms. The summed E-state index contributed by atoms with van der Waals surface area (Å²) in [4.78, 5) is 6.66. The molecule has 0 spiro atoms. The third-order valence-electron chi connectivity index (χ3n) is 4.38. The van der Waals surface area contributed by atoms with Gasteiger partial charge in [-0.25, -0.2) is 13.8 Å². The third kappa shape index (κ3) is 2.20. The van der Waals surface area contributed by atoms with Gasteiger partial charge < -0.3 is 10.6 Å². The molecule has 2 heterocycles. The summed E-state index contributed by atoms with van der Waals surface area (Å²) in [6.45, 7) is 2.33. The number of nitrogens with two attached hydrogens (primary N) is 1. The number of anilines is 1. The van der Waals surface area contributed by atoms with Crippen molar-refractivity contribution in [1.82, 2.24) is 4.98 Å². The fraction of sp³-hybridized carbons (Fsp3) is 0.643. The van der Waals surface area contributed by atoms with Crippen molar-refractivity contribution in [2.75, 3.05) is 24.5 Å². The van der Waals surface area contributed by atoms with Gasteiger partial charge in [-0.3, -0.25) is 0 Å². The Kier molecular flexibility index (Phi) is 2.96. The van der Waals surface area contributed by atoms with Crippen LogP contribution in [0.2, 0.25) is 0 Å². The van der Waals surface area contributed by atoms with E-state index in [-0.39, 0.29) is 19.4 Å². The molecule has 0 aromatic carbocycles. The first-order chi connectivity index (χ1) is 9.05. The minimum atomic E-state index is -2.56. The van der Waals surface area contributed by atoms with Crippen molar-refractivity contribution in [2.24, 2.45) is 5.73 Å². The van der Waals surface area contributed by atoms with Crippen molar-refractivity contribution in [3.63, 3.8) is 0 Å². The second-order valence-corrected chi connectivity index (χ2v) is 5.79. The van der Waals surface area contributed by atoms with Crippen molar-refractivity contribution in [3.8, 4) is 0 Å². The first kappa shape index (κ1) is 12.8. The molecule has 104 valence electrons. The topological polar surface area (TPSA) is 42.1 Å². The number of halogens is 2. The fourth-order valence-electron chi connectivity index (χ4n) is 3.24. The Bertz CT molecular complexity index is 444. The molecule has 1 saturated carbocycles. The predicted molar refractivity (Wildman–Crippen MR) is 70.6 cm³/mol. The second-order valence-electron chi connectivity index (χ2n) is 5.79. The zero-order valence-electron chi connectivity index (χ0n) is 10.9. The van der Waals surface area contributed by atoms with Crippen LogP contribution in [0, 0.1) is 0 Å². The normalized spacial score (nSPS) is 24.3. The van der Waals surface area contributed by atoms with Crippen LogP contribution in [0.1, 0.15) is 31.2 Å². The van der Waals surface area contributed by atoms with Gasteiger partial charge in [0, 0.05) is 44.1 Å². The summed E-state index contributed by atoms with van der Waals surface area (Å²) >= 11 is 0. The molecule has 1 aromatic heterocycles. The Hall–Kier alpha value is -1.23. The van der Waals surface area contributed by atoms with Crippen LogP contribution in [0.5, 0.6) is 0 Å². The van der Waals surface area contributed by atoms with Crippen LogP contribution in [-0.2, 0) is 5.41 Å². The third-order valence-corrected chi connectivity index (χ3v) is 4.38. The molecule has 0 radical (unpaired) electrons. The lowest BCUT2D eigenvalue weighted by Gasteiger charge is -2.47. The van der Waals surface area contributed by atoms with E-state index >= 15 is 0 Å². The van der Waals surface area contributed by atoms with Gasteiger partial charge in [-0.2, -0.15) is 0 Å². The molecule has 0 atom stereocenters. The highest BCUT2D eigenvalue weighted by Gasteiger charge is 2.56. The van der Waals surface area contributed by atoms with Crippen molar-refractivity contribution in [2.45, 2.75) is 37.0 Å². The van der Waals surface area contributed by atoms with E-state index in [1.807, 2.05) is 12.1 Å². The van der Waals surface area contributed by atoms with Crippen LogP contribution >= 0.6 is 0 Å². The number of hydrogen-bond acceptors (Lipinski definition) is 3. The number of pyridine rings is 1. The molecule has 0 amide bonds. The average Bonchev–Trinajstić information content (AvgIpc) is 2.89.